The minimum absolute atomic E-state index is 0. The minimum Gasteiger partial charge on any atom is -0.274 e. The van der Waals surface area contributed by atoms with Gasteiger partial charge in [-0.25, -0.2) is 0 Å². The number of benzene rings is 2. The lowest BCUT2D eigenvalue weighted by Gasteiger charge is -2.15. The van der Waals surface area contributed by atoms with Crippen molar-refractivity contribution in [2.45, 2.75) is 0 Å². The maximum absolute atomic E-state index is 5.30. The highest BCUT2D eigenvalue weighted by Gasteiger charge is 2.02. The van der Waals surface area contributed by atoms with Gasteiger partial charge >= 0.3 is 0 Å². The second-order valence-electron chi connectivity index (χ2n) is 2.97. The van der Waals surface area contributed by atoms with Gasteiger partial charge in [-0.2, -0.15) is 0 Å². The van der Waals surface area contributed by atoms with Crippen LogP contribution in [0.1, 0.15) is 0 Å². The molecule has 0 aliphatic heterocycles. The molecule has 93 valence electrons. The first kappa shape index (κ1) is 17.8. The maximum atomic E-state index is 5.30. The Balaban J connectivity index is 0. The van der Waals surface area contributed by atoms with Gasteiger partial charge in [-0.15, -0.1) is 0 Å². The largest absolute Gasteiger partial charge is 0.274 e. The molecule has 2 rings (SSSR count). The SMILES string of the molecule is F.F.F.[S]N(c1ccccc1)c1ccccc1. The van der Waals surface area contributed by atoms with Crippen molar-refractivity contribution >= 4 is 24.2 Å². The smallest absolute Gasteiger partial charge is 0.0533 e. The Morgan fingerprint density at radius 1 is 0.588 bits per heavy atom. The van der Waals surface area contributed by atoms with E-state index in [2.05, 4.69) is 0 Å². The van der Waals surface area contributed by atoms with E-state index in [9.17, 15) is 0 Å². The fourth-order valence-electron chi connectivity index (χ4n) is 1.28. The normalized spacial score (nSPS) is 8.06. The van der Waals surface area contributed by atoms with Gasteiger partial charge in [0.25, 0.3) is 0 Å². The van der Waals surface area contributed by atoms with Gasteiger partial charge in [-0.05, 0) is 24.3 Å². The number of nitrogens with zero attached hydrogens (tertiary/aromatic N) is 1. The second kappa shape index (κ2) is 8.52. The van der Waals surface area contributed by atoms with Crippen molar-refractivity contribution in [3.8, 4) is 0 Å². The van der Waals surface area contributed by atoms with E-state index in [0.29, 0.717) is 0 Å². The molecule has 1 radical (unpaired) electrons. The third-order valence-corrected chi connectivity index (χ3v) is 2.40. The molecule has 0 spiro atoms. The lowest BCUT2D eigenvalue weighted by atomic mass is 10.3. The van der Waals surface area contributed by atoms with E-state index < -0.39 is 0 Å². The molecule has 0 atom stereocenters. The molecule has 0 bridgehead atoms. The van der Waals surface area contributed by atoms with Crippen molar-refractivity contribution in [3.63, 3.8) is 0 Å². The average molecular weight is 260 g/mol. The van der Waals surface area contributed by atoms with Crippen molar-refractivity contribution in [1.29, 1.82) is 0 Å². The average Bonchev–Trinajstić information content (AvgIpc) is 2.30. The Labute approximate surface area is 104 Å². The van der Waals surface area contributed by atoms with Gasteiger partial charge in [0.1, 0.15) is 0 Å². The molecule has 0 saturated heterocycles. The third kappa shape index (κ3) is 4.40. The van der Waals surface area contributed by atoms with Crippen molar-refractivity contribution in [3.05, 3.63) is 60.7 Å². The summed E-state index contributed by atoms with van der Waals surface area (Å²) in [6.07, 6.45) is 0. The Morgan fingerprint density at radius 2 is 0.882 bits per heavy atom. The topological polar surface area (TPSA) is 3.24 Å². The zero-order chi connectivity index (χ0) is 9.80. The van der Waals surface area contributed by atoms with Gasteiger partial charge in [-0.1, -0.05) is 36.4 Å². The molecule has 0 aliphatic rings. The fraction of sp³-hybridized carbons (Fsp3) is 0. The maximum Gasteiger partial charge on any atom is 0.0533 e. The number of halogens is 3. The summed E-state index contributed by atoms with van der Waals surface area (Å²) < 4.78 is 1.75. The van der Waals surface area contributed by atoms with Crippen LogP contribution in [0.15, 0.2) is 60.7 Å². The molecular formula is C12H13F3NS. The zero-order valence-corrected chi connectivity index (χ0v) is 9.67. The number of rotatable bonds is 2. The highest BCUT2D eigenvalue weighted by atomic mass is 32.1. The highest BCUT2D eigenvalue weighted by molar-refractivity contribution is 7.82. The second-order valence-corrected chi connectivity index (χ2v) is 3.33. The van der Waals surface area contributed by atoms with Gasteiger partial charge in [0.2, 0.25) is 0 Å². The predicted molar refractivity (Wildman–Crippen MR) is 70.1 cm³/mol. The standard InChI is InChI=1S/C12H10NS.3FH/c14-13(11-7-3-1-4-8-11)12-9-5-2-6-10-12;;;/h1-10H;3*1H. The molecule has 0 saturated carbocycles. The number of anilines is 2. The van der Waals surface area contributed by atoms with Crippen LogP contribution in [0.4, 0.5) is 25.5 Å². The van der Waals surface area contributed by atoms with Gasteiger partial charge in [0.05, 0.1) is 24.2 Å². The molecule has 0 unspecified atom stereocenters. The molecule has 0 amide bonds. The van der Waals surface area contributed by atoms with Gasteiger partial charge in [0.15, 0.2) is 0 Å². The third-order valence-electron chi connectivity index (χ3n) is 1.98. The highest BCUT2D eigenvalue weighted by Crippen LogP contribution is 2.25. The number of hydrogen-bond donors (Lipinski definition) is 0. The van der Waals surface area contributed by atoms with Crippen LogP contribution in [-0.2, 0) is 0 Å². The van der Waals surface area contributed by atoms with Crippen LogP contribution in [-0.4, -0.2) is 0 Å². The van der Waals surface area contributed by atoms with Crippen LogP contribution in [0.2, 0.25) is 0 Å². The van der Waals surface area contributed by atoms with E-state index in [4.69, 9.17) is 12.8 Å². The molecule has 0 aromatic heterocycles. The summed E-state index contributed by atoms with van der Waals surface area (Å²) in [5.74, 6) is 0. The zero-order valence-electron chi connectivity index (χ0n) is 8.85. The van der Waals surface area contributed by atoms with Crippen molar-refractivity contribution in [2.24, 2.45) is 0 Å². The van der Waals surface area contributed by atoms with Crippen molar-refractivity contribution in [2.75, 3.05) is 4.31 Å². The Hall–Kier alpha value is -1.62. The van der Waals surface area contributed by atoms with E-state index in [-0.39, 0.29) is 14.1 Å². The van der Waals surface area contributed by atoms with Crippen LogP contribution < -0.4 is 4.31 Å². The van der Waals surface area contributed by atoms with E-state index in [1.807, 2.05) is 60.7 Å². The molecule has 2 aromatic carbocycles. The summed E-state index contributed by atoms with van der Waals surface area (Å²) >= 11 is 5.30. The van der Waals surface area contributed by atoms with Gasteiger partial charge in [0, 0.05) is 0 Å². The quantitative estimate of drug-likeness (QED) is 0.773. The predicted octanol–water partition coefficient (Wildman–Crippen LogP) is 4.39. The molecule has 5 heteroatoms. The van der Waals surface area contributed by atoms with E-state index in [0.717, 1.165) is 11.4 Å². The summed E-state index contributed by atoms with van der Waals surface area (Å²) in [5, 5.41) is 0. The molecule has 0 heterocycles. The summed E-state index contributed by atoms with van der Waals surface area (Å²) in [4.78, 5) is 0. The van der Waals surface area contributed by atoms with Crippen LogP contribution in [0.5, 0.6) is 0 Å². The molecule has 2 aromatic rings. The van der Waals surface area contributed by atoms with E-state index in [1.165, 1.54) is 0 Å². The molecule has 1 nitrogen and oxygen atoms in total. The Kier molecular flexibility index (Phi) is 8.91. The molecule has 0 aliphatic carbocycles. The lowest BCUT2D eigenvalue weighted by molar-refractivity contribution is 1.11. The van der Waals surface area contributed by atoms with Crippen LogP contribution in [0.25, 0.3) is 0 Å². The number of hydrogen-bond acceptors (Lipinski definition) is 1. The number of para-hydroxylation sites is 2. The molecule has 0 N–H and O–H groups in total. The van der Waals surface area contributed by atoms with Crippen LogP contribution in [0.3, 0.4) is 0 Å². The van der Waals surface area contributed by atoms with Crippen molar-refractivity contribution in [1.82, 2.24) is 0 Å². The van der Waals surface area contributed by atoms with Crippen LogP contribution >= 0.6 is 12.8 Å². The summed E-state index contributed by atoms with van der Waals surface area (Å²) in [7, 11) is 0. The molecule has 17 heavy (non-hydrogen) atoms. The van der Waals surface area contributed by atoms with E-state index >= 15 is 0 Å². The first-order chi connectivity index (χ1) is 6.88. The molecule has 0 fully saturated rings. The first-order valence-electron chi connectivity index (χ1n) is 4.45. The van der Waals surface area contributed by atoms with Crippen LogP contribution in [0, 0.1) is 0 Å². The Morgan fingerprint density at radius 3 is 1.18 bits per heavy atom. The van der Waals surface area contributed by atoms with Gasteiger partial charge < -0.3 is 0 Å². The van der Waals surface area contributed by atoms with Gasteiger partial charge in [-0.3, -0.25) is 18.4 Å². The minimum atomic E-state index is 0. The fourth-order valence-corrected chi connectivity index (χ4v) is 1.52. The van der Waals surface area contributed by atoms with Crippen molar-refractivity contribution < 1.29 is 14.1 Å². The summed E-state index contributed by atoms with van der Waals surface area (Å²) in [5.41, 5.74) is 2.04. The molecular weight excluding hydrogens is 247 g/mol. The first-order valence-corrected chi connectivity index (χ1v) is 4.82. The van der Waals surface area contributed by atoms with E-state index in [1.54, 1.807) is 4.31 Å². The lowest BCUT2D eigenvalue weighted by Crippen LogP contribution is -2.00. The summed E-state index contributed by atoms with van der Waals surface area (Å²) in [6.45, 7) is 0. The summed E-state index contributed by atoms with van der Waals surface area (Å²) in [6, 6.07) is 19.9. The monoisotopic (exact) mass is 260 g/mol. The Bertz CT molecular complexity index is 358.